The Kier molecular flexibility index (Phi) is 4.39. The van der Waals surface area contributed by atoms with Crippen molar-refractivity contribution < 1.29 is 4.39 Å². The molecule has 22 heavy (non-hydrogen) atoms. The quantitative estimate of drug-likeness (QED) is 0.557. The Morgan fingerprint density at radius 1 is 1.27 bits per heavy atom. The largest absolute Gasteiger partial charge is 0.241 e. The molecule has 1 aliphatic carbocycles. The van der Waals surface area contributed by atoms with Gasteiger partial charge in [-0.25, -0.2) is 14.4 Å². The van der Waals surface area contributed by atoms with E-state index in [-0.39, 0.29) is 5.82 Å². The molecule has 0 N–H and O–H groups in total. The van der Waals surface area contributed by atoms with Crippen molar-refractivity contribution in [3.8, 4) is 6.07 Å². The molecule has 0 bridgehead atoms. The summed E-state index contributed by atoms with van der Waals surface area (Å²) in [6.07, 6.45) is 6.32. The second-order valence-electron chi connectivity index (χ2n) is 5.56. The molecule has 112 valence electrons. The van der Waals surface area contributed by atoms with Gasteiger partial charge in [0.1, 0.15) is 11.6 Å². The third-order valence-electron chi connectivity index (χ3n) is 4.12. The van der Waals surface area contributed by atoms with Gasteiger partial charge in [0.15, 0.2) is 3.42 Å². The first-order valence-corrected chi connectivity index (χ1v) is 8.41. The lowest BCUT2D eigenvalue weighted by Crippen LogP contribution is -2.20. The third-order valence-corrected chi connectivity index (χ3v) is 5.54. The van der Waals surface area contributed by atoms with Crippen molar-refractivity contribution in [3.05, 3.63) is 59.4 Å². The zero-order valence-electron chi connectivity index (χ0n) is 12.0. The molecule has 0 spiro atoms. The lowest BCUT2D eigenvalue weighted by molar-refractivity contribution is 0.624. The van der Waals surface area contributed by atoms with Crippen LogP contribution in [0.4, 0.5) is 4.39 Å². The first kappa shape index (κ1) is 15.3. The summed E-state index contributed by atoms with van der Waals surface area (Å²) in [4.78, 5) is 9.02. The summed E-state index contributed by atoms with van der Waals surface area (Å²) in [5, 5.41) is 9.70. The number of alkyl halides is 1. The van der Waals surface area contributed by atoms with E-state index < -0.39 is 3.42 Å². The van der Waals surface area contributed by atoms with E-state index in [4.69, 9.17) is 0 Å². The number of hydrogen-bond donors (Lipinski definition) is 0. The summed E-state index contributed by atoms with van der Waals surface area (Å²) in [6, 6.07) is 10.2. The standard InChI is InChI=1S/C17H15FIN3/c18-14-7-3-6-13(10-14)17(19,11-20)15-8-9-21-16(22-15)12-4-1-2-5-12/h3,6-10,12H,1-2,4-5H2. The van der Waals surface area contributed by atoms with Gasteiger partial charge in [0.05, 0.1) is 11.8 Å². The molecule has 3 rings (SSSR count). The molecular weight excluding hydrogens is 392 g/mol. The number of aromatic nitrogens is 2. The van der Waals surface area contributed by atoms with Gasteiger partial charge in [-0.05, 0) is 59.2 Å². The summed E-state index contributed by atoms with van der Waals surface area (Å²) in [5.74, 6) is 0.841. The minimum Gasteiger partial charge on any atom is -0.241 e. The Morgan fingerprint density at radius 2 is 2.05 bits per heavy atom. The number of nitriles is 1. The normalized spacial score (nSPS) is 17.9. The van der Waals surface area contributed by atoms with Crippen LogP contribution in [-0.4, -0.2) is 9.97 Å². The van der Waals surface area contributed by atoms with Crippen molar-refractivity contribution in [2.24, 2.45) is 0 Å². The van der Waals surface area contributed by atoms with Crippen molar-refractivity contribution in [2.75, 3.05) is 0 Å². The van der Waals surface area contributed by atoms with E-state index in [0.29, 0.717) is 17.2 Å². The molecule has 2 aromatic rings. The second kappa shape index (κ2) is 6.29. The highest BCUT2D eigenvalue weighted by Gasteiger charge is 2.34. The van der Waals surface area contributed by atoms with E-state index in [0.717, 1.165) is 18.7 Å². The summed E-state index contributed by atoms with van der Waals surface area (Å²) < 4.78 is 12.5. The zero-order valence-corrected chi connectivity index (χ0v) is 14.1. The molecule has 5 heteroatoms. The molecule has 1 aromatic carbocycles. The van der Waals surface area contributed by atoms with E-state index in [1.807, 2.05) is 22.6 Å². The minimum absolute atomic E-state index is 0.348. The second-order valence-corrected chi connectivity index (χ2v) is 7.18. The zero-order chi connectivity index (χ0) is 15.6. The molecule has 0 saturated heterocycles. The van der Waals surface area contributed by atoms with E-state index in [1.165, 1.54) is 25.0 Å². The van der Waals surface area contributed by atoms with Crippen LogP contribution in [0.1, 0.15) is 48.7 Å². The molecule has 1 aliphatic rings. The van der Waals surface area contributed by atoms with Gasteiger partial charge in [0.25, 0.3) is 0 Å². The molecule has 0 radical (unpaired) electrons. The average Bonchev–Trinajstić information content (AvgIpc) is 3.09. The fraction of sp³-hybridized carbons (Fsp3) is 0.353. The van der Waals surface area contributed by atoms with Gasteiger partial charge in [-0.15, -0.1) is 0 Å². The molecule has 0 aliphatic heterocycles. The minimum atomic E-state index is -1.00. The third kappa shape index (κ3) is 2.84. The Morgan fingerprint density at radius 3 is 2.73 bits per heavy atom. The van der Waals surface area contributed by atoms with Gasteiger partial charge in [0, 0.05) is 12.1 Å². The van der Waals surface area contributed by atoms with Crippen molar-refractivity contribution in [2.45, 2.75) is 35.0 Å². The molecule has 1 heterocycles. The van der Waals surface area contributed by atoms with Crippen LogP contribution in [0, 0.1) is 17.1 Å². The molecular formula is C17H15FIN3. The SMILES string of the molecule is N#CC(I)(c1cccc(F)c1)c1ccnc(C2CCCC2)n1. The van der Waals surface area contributed by atoms with Crippen molar-refractivity contribution >= 4 is 22.6 Å². The van der Waals surface area contributed by atoms with E-state index >= 15 is 0 Å². The number of nitrogens with zero attached hydrogens (tertiary/aromatic N) is 3. The maximum absolute atomic E-state index is 13.5. The predicted molar refractivity (Wildman–Crippen MR) is 90.1 cm³/mol. The number of hydrogen-bond acceptors (Lipinski definition) is 3. The Bertz CT molecular complexity index is 722. The van der Waals surface area contributed by atoms with Crippen molar-refractivity contribution in [3.63, 3.8) is 0 Å². The first-order chi connectivity index (χ1) is 10.6. The molecule has 1 atom stereocenters. The monoisotopic (exact) mass is 407 g/mol. The molecule has 0 amide bonds. The molecule has 1 saturated carbocycles. The van der Waals surface area contributed by atoms with Gasteiger partial charge in [-0.2, -0.15) is 5.26 Å². The fourth-order valence-electron chi connectivity index (χ4n) is 2.92. The van der Waals surface area contributed by atoms with Crippen LogP contribution in [0.5, 0.6) is 0 Å². The molecule has 1 unspecified atom stereocenters. The lowest BCUT2D eigenvalue weighted by Gasteiger charge is -2.21. The number of benzene rings is 1. The summed E-state index contributed by atoms with van der Waals surface area (Å²) in [7, 11) is 0. The lowest BCUT2D eigenvalue weighted by atomic mass is 9.96. The van der Waals surface area contributed by atoms with Gasteiger partial charge in [0.2, 0.25) is 0 Å². The van der Waals surface area contributed by atoms with E-state index in [1.54, 1.807) is 24.4 Å². The van der Waals surface area contributed by atoms with Crippen LogP contribution in [0.2, 0.25) is 0 Å². The highest BCUT2D eigenvalue weighted by atomic mass is 127. The van der Waals surface area contributed by atoms with Gasteiger partial charge >= 0.3 is 0 Å². The van der Waals surface area contributed by atoms with Crippen molar-refractivity contribution in [1.82, 2.24) is 9.97 Å². The van der Waals surface area contributed by atoms with Crippen LogP contribution in [0.25, 0.3) is 0 Å². The Hall–Kier alpha value is -1.55. The average molecular weight is 407 g/mol. The van der Waals surface area contributed by atoms with Crippen LogP contribution >= 0.6 is 22.6 Å². The Labute approximate surface area is 142 Å². The van der Waals surface area contributed by atoms with Crippen LogP contribution in [-0.2, 0) is 3.42 Å². The van der Waals surface area contributed by atoms with Gasteiger partial charge < -0.3 is 0 Å². The van der Waals surface area contributed by atoms with E-state index in [9.17, 15) is 9.65 Å². The maximum atomic E-state index is 13.5. The highest BCUT2D eigenvalue weighted by Crippen LogP contribution is 2.39. The van der Waals surface area contributed by atoms with Crippen LogP contribution in [0.15, 0.2) is 36.5 Å². The van der Waals surface area contributed by atoms with E-state index in [2.05, 4.69) is 16.0 Å². The molecule has 1 aromatic heterocycles. The summed E-state index contributed by atoms with van der Waals surface area (Å²) in [6.45, 7) is 0. The number of rotatable bonds is 3. The fourth-order valence-corrected chi connectivity index (χ4v) is 3.55. The first-order valence-electron chi connectivity index (χ1n) is 7.33. The van der Waals surface area contributed by atoms with Crippen molar-refractivity contribution in [1.29, 1.82) is 5.26 Å². The predicted octanol–water partition coefficient (Wildman–Crippen LogP) is 4.48. The highest BCUT2D eigenvalue weighted by molar-refractivity contribution is 14.1. The smallest absolute Gasteiger partial charge is 0.175 e. The Balaban J connectivity index is 2.03. The van der Waals surface area contributed by atoms with Gasteiger partial charge in [-0.1, -0.05) is 25.0 Å². The maximum Gasteiger partial charge on any atom is 0.175 e. The summed E-state index contributed by atoms with van der Waals surface area (Å²) >= 11 is 2.05. The molecule has 1 fully saturated rings. The van der Waals surface area contributed by atoms with Gasteiger partial charge in [-0.3, -0.25) is 0 Å². The summed E-state index contributed by atoms with van der Waals surface area (Å²) in [5.41, 5.74) is 1.23. The molecule has 3 nitrogen and oxygen atoms in total. The van der Waals surface area contributed by atoms with Crippen LogP contribution < -0.4 is 0 Å². The number of halogens is 2. The topological polar surface area (TPSA) is 49.6 Å². The van der Waals surface area contributed by atoms with Crippen LogP contribution in [0.3, 0.4) is 0 Å².